The molecule has 7 heteroatoms. The Balaban J connectivity index is 1.23. The van der Waals surface area contributed by atoms with Gasteiger partial charge in [0.05, 0.1) is 0 Å². The first kappa shape index (κ1) is 18.9. The second kappa shape index (κ2) is 7.67. The van der Waals surface area contributed by atoms with Gasteiger partial charge in [0.15, 0.2) is 5.82 Å². The van der Waals surface area contributed by atoms with Crippen LogP contribution in [0.15, 0.2) is 67.4 Å². The van der Waals surface area contributed by atoms with Gasteiger partial charge < -0.3 is 9.88 Å². The van der Waals surface area contributed by atoms with Crippen molar-refractivity contribution in [1.29, 1.82) is 0 Å². The first-order valence-electron chi connectivity index (χ1n) is 11.0. The molecule has 2 saturated carbocycles. The van der Waals surface area contributed by atoms with E-state index in [0.717, 1.165) is 35.4 Å². The van der Waals surface area contributed by atoms with Crippen LogP contribution < -0.4 is 5.32 Å². The van der Waals surface area contributed by atoms with Gasteiger partial charge >= 0.3 is 0 Å². The molecule has 0 radical (unpaired) electrons. The van der Waals surface area contributed by atoms with Crippen molar-refractivity contribution in [2.24, 2.45) is 0 Å². The molecule has 0 unspecified atom stereocenters. The molecule has 0 aliphatic heterocycles. The fourth-order valence-corrected chi connectivity index (χ4v) is 3.99. The Morgan fingerprint density at radius 2 is 1.88 bits per heavy atom. The van der Waals surface area contributed by atoms with Crippen LogP contribution in [0.1, 0.15) is 53.7 Å². The van der Waals surface area contributed by atoms with Crippen molar-refractivity contribution >= 4 is 11.6 Å². The van der Waals surface area contributed by atoms with E-state index in [1.165, 1.54) is 18.4 Å². The number of hydrogen-bond acceptors (Lipinski definition) is 5. The van der Waals surface area contributed by atoms with Crippen molar-refractivity contribution < 1.29 is 4.79 Å². The molecule has 0 spiro atoms. The van der Waals surface area contributed by atoms with Gasteiger partial charge in [0.1, 0.15) is 12.0 Å². The summed E-state index contributed by atoms with van der Waals surface area (Å²) in [5, 5.41) is 11.3. The maximum Gasteiger partial charge on any atom is 0.274 e. The molecule has 0 atom stereocenters. The number of carbonyl (C=O) groups excluding carboxylic acids is 1. The number of rotatable bonds is 6. The summed E-state index contributed by atoms with van der Waals surface area (Å²) in [6, 6.07) is 14.1. The molecule has 158 valence electrons. The third-order valence-electron chi connectivity index (χ3n) is 6.03. The van der Waals surface area contributed by atoms with E-state index in [1.807, 2.05) is 48.8 Å². The summed E-state index contributed by atoms with van der Waals surface area (Å²) in [7, 11) is 0. The SMILES string of the molecule is O=C(Nc1cccc(-c2nncn2C2CC2)c1)c1cc(-c2cncc(C3CC3)c2)ccn1. The molecule has 2 fully saturated rings. The lowest BCUT2D eigenvalue weighted by atomic mass is 10.0. The normalized spacial score (nSPS) is 15.5. The number of nitrogens with one attached hydrogen (secondary N) is 1. The summed E-state index contributed by atoms with van der Waals surface area (Å²) in [5.74, 6) is 1.20. The van der Waals surface area contributed by atoms with Gasteiger partial charge in [0.25, 0.3) is 5.91 Å². The highest BCUT2D eigenvalue weighted by molar-refractivity contribution is 6.03. The van der Waals surface area contributed by atoms with Gasteiger partial charge in [-0.3, -0.25) is 14.8 Å². The molecule has 4 aromatic rings. The van der Waals surface area contributed by atoms with E-state index in [2.05, 4.69) is 36.1 Å². The predicted molar refractivity (Wildman–Crippen MR) is 121 cm³/mol. The van der Waals surface area contributed by atoms with Gasteiger partial charge in [0.2, 0.25) is 0 Å². The average molecular weight is 422 g/mol. The highest BCUT2D eigenvalue weighted by Gasteiger charge is 2.27. The summed E-state index contributed by atoms with van der Waals surface area (Å²) < 4.78 is 2.11. The van der Waals surface area contributed by atoms with E-state index in [9.17, 15) is 4.79 Å². The van der Waals surface area contributed by atoms with Crippen molar-refractivity contribution in [3.05, 3.63) is 78.6 Å². The molecule has 2 aliphatic rings. The van der Waals surface area contributed by atoms with E-state index >= 15 is 0 Å². The average Bonchev–Trinajstić information content (AvgIpc) is 3.78. The Kier molecular flexibility index (Phi) is 4.52. The largest absolute Gasteiger partial charge is 0.321 e. The van der Waals surface area contributed by atoms with Gasteiger partial charge in [-0.15, -0.1) is 10.2 Å². The van der Waals surface area contributed by atoms with Gasteiger partial charge in [-0.25, -0.2) is 0 Å². The van der Waals surface area contributed by atoms with E-state index in [-0.39, 0.29) is 5.91 Å². The molecular formula is C25H22N6O. The highest BCUT2D eigenvalue weighted by Crippen LogP contribution is 2.40. The van der Waals surface area contributed by atoms with Crippen molar-refractivity contribution in [2.45, 2.75) is 37.6 Å². The smallest absolute Gasteiger partial charge is 0.274 e. The van der Waals surface area contributed by atoms with Crippen LogP contribution in [0.2, 0.25) is 0 Å². The number of anilines is 1. The lowest BCUT2D eigenvalue weighted by Crippen LogP contribution is -2.13. The summed E-state index contributed by atoms with van der Waals surface area (Å²) in [5.41, 5.74) is 5.20. The minimum Gasteiger partial charge on any atom is -0.321 e. The Labute approximate surface area is 185 Å². The van der Waals surface area contributed by atoms with Crippen molar-refractivity contribution in [3.63, 3.8) is 0 Å². The zero-order chi connectivity index (χ0) is 21.5. The first-order chi connectivity index (χ1) is 15.7. The minimum atomic E-state index is -0.251. The number of benzene rings is 1. The lowest BCUT2D eigenvalue weighted by molar-refractivity contribution is 0.102. The molecule has 0 saturated heterocycles. The fraction of sp³-hybridized carbons (Fsp3) is 0.240. The number of carbonyl (C=O) groups is 1. The molecule has 2 aliphatic carbocycles. The van der Waals surface area contributed by atoms with Crippen LogP contribution in [-0.2, 0) is 0 Å². The summed E-state index contributed by atoms with van der Waals surface area (Å²) >= 11 is 0. The van der Waals surface area contributed by atoms with Crippen molar-refractivity contribution in [3.8, 4) is 22.5 Å². The number of hydrogen-bond donors (Lipinski definition) is 1. The minimum absolute atomic E-state index is 0.251. The van der Waals surface area contributed by atoms with Crippen LogP contribution in [-0.4, -0.2) is 30.6 Å². The molecule has 32 heavy (non-hydrogen) atoms. The molecule has 6 rings (SSSR count). The van der Waals surface area contributed by atoms with E-state index in [0.29, 0.717) is 23.3 Å². The van der Waals surface area contributed by atoms with E-state index < -0.39 is 0 Å². The van der Waals surface area contributed by atoms with Crippen LogP contribution in [0, 0.1) is 0 Å². The second-order valence-corrected chi connectivity index (χ2v) is 8.54. The van der Waals surface area contributed by atoms with Gasteiger partial charge in [0, 0.05) is 41.4 Å². The molecule has 3 aromatic heterocycles. The Morgan fingerprint density at radius 1 is 0.969 bits per heavy atom. The maximum absolute atomic E-state index is 12.9. The highest BCUT2D eigenvalue weighted by atomic mass is 16.1. The molecule has 0 bridgehead atoms. The number of pyridine rings is 2. The summed E-state index contributed by atoms with van der Waals surface area (Å²) in [6.07, 6.45) is 12.0. The maximum atomic E-state index is 12.9. The Hall–Kier alpha value is -3.87. The van der Waals surface area contributed by atoms with Crippen molar-refractivity contribution in [2.75, 3.05) is 5.32 Å². The standard InChI is InChI=1S/C25H22N6O/c32-25(23-12-17(8-9-27-23)20-10-19(13-26-14-20)16-4-5-16)29-21-3-1-2-18(11-21)24-30-28-15-31(24)22-6-7-22/h1-3,8-16,22H,4-7H2,(H,29,32). The number of amides is 1. The zero-order valence-corrected chi connectivity index (χ0v) is 17.5. The Morgan fingerprint density at radius 3 is 2.72 bits per heavy atom. The first-order valence-corrected chi connectivity index (χ1v) is 11.0. The summed E-state index contributed by atoms with van der Waals surface area (Å²) in [4.78, 5) is 21.6. The van der Waals surface area contributed by atoms with Gasteiger partial charge in [-0.05, 0) is 73.1 Å². The monoisotopic (exact) mass is 422 g/mol. The molecule has 1 aromatic carbocycles. The zero-order valence-electron chi connectivity index (χ0n) is 17.5. The van der Waals surface area contributed by atoms with Crippen molar-refractivity contribution in [1.82, 2.24) is 24.7 Å². The molecule has 1 N–H and O–H groups in total. The van der Waals surface area contributed by atoms with E-state index in [1.54, 1.807) is 12.5 Å². The van der Waals surface area contributed by atoms with Crippen LogP contribution >= 0.6 is 0 Å². The molecule has 3 heterocycles. The van der Waals surface area contributed by atoms with Crippen LogP contribution in [0.4, 0.5) is 5.69 Å². The van der Waals surface area contributed by atoms with Crippen LogP contribution in [0.3, 0.4) is 0 Å². The number of nitrogens with zero attached hydrogens (tertiary/aromatic N) is 5. The third-order valence-corrected chi connectivity index (χ3v) is 6.03. The van der Waals surface area contributed by atoms with Crippen LogP contribution in [0.25, 0.3) is 22.5 Å². The predicted octanol–water partition coefficient (Wildman–Crippen LogP) is 4.87. The van der Waals surface area contributed by atoms with E-state index in [4.69, 9.17) is 0 Å². The molecule has 1 amide bonds. The number of aromatic nitrogens is 5. The van der Waals surface area contributed by atoms with Gasteiger partial charge in [-0.1, -0.05) is 12.1 Å². The fourth-order valence-electron chi connectivity index (χ4n) is 3.99. The Bertz CT molecular complexity index is 1310. The van der Waals surface area contributed by atoms with Gasteiger partial charge in [-0.2, -0.15) is 0 Å². The van der Waals surface area contributed by atoms with Crippen LogP contribution in [0.5, 0.6) is 0 Å². The third kappa shape index (κ3) is 3.77. The molecular weight excluding hydrogens is 400 g/mol. The quantitative estimate of drug-likeness (QED) is 0.479. The topological polar surface area (TPSA) is 85.6 Å². The molecule has 7 nitrogen and oxygen atoms in total. The summed E-state index contributed by atoms with van der Waals surface area (Å²) in [6.45, 7) is 0. The second-order valence-electron chi connectivity index (χ2n) is 8.54. The lowest BCUT2D eigenvalue weighted by Gasteiger charge is -2.09.